The number of phenols is 3. The van der Waals surface area contributed by atoms with Crippen LogP contribution in [0.3, 0.4) is 0 Å². The molecule has 11 heteroatoms. The van der Waals surface area contributed by atoms with Crippen LogP contribution in [0.4, 0.5) is 5.69 Å². The summed E-state index contributed by atoms with van der Waals surface area (Å²) in [6.45, 7) is 0.447. The van der Waals surface area contributed by atoms with Gasteiger partial charge in [-0.05, 0) is 53.1 Å². The summed E-state index contributed by atoms with van der Waals surface area (Å²) >= 11 is 12.2. The van der Waals surface area contributed by atoms with Crippen LogP contribution >= 0.6 is 23.2 Å². The van der Waals surface area contributed by atoms with Gasteiger partial charge in [-0.2, -0.15) is 0 Å². The molecular weight excluding hydrogens is 503 g/mol. The zero-order valence-electron chi connectivity index (χ0n) is 18.0. The van der Waals surface area contributed by atoms with Crippen molar-refractivity contribution in [2.45, 2.75) is 12.0 Å². The van der Waals surface area contributed by atoms with Crippen LogP contribution in [0.2, 0.25) is 10.0 Å². The van der Waals surface area contributed by atoms with Gasteiger partial charge < -0.3 is 25.7 Å². The van der Waals surface area contributed by atoms with E-state index in [1.807, 2.05) is 0 Å². The van der Waals surface area contributed by atoms with Crippen LogP contribution < -0.4 is 10.0 Å². The predicted molar refractivity (Wildman–Crippen MR) is 132 cm³/mol. The van der Waals surface area contributed by atoms with Gasteiger partial charge in [-0.1, -0.05) is 41.4 Å². The second-order valence-corrected chi connectivity index (χ2v) is 10.4. The molecule has 0 saturated heterocycles. The van der Waals surface area contributed by atoms with Crippen molar-refractivity contribution >= 4 is 38.9 Å². The average Bonchev–Trinajstić information content (AvgIpc) is 2.76. The fraction of sp³-hybridized carbons (Fsp3) is 0.217. The first-order valence-electron chi connectivity index (χ1n) is 10.1. The van der Waals surface area contributed by atoms with Gasteiger partial charge >= 0.3 is 0 Å². The van der Waals surface area contributed by atoms with Crippen molar-refractivity contribution in [2.75, 3.05) is 24.1 Å². The molecule has 0 aliphatic rings. The number of hydrogen-bond donors (Lipinski definition) is 6. The van der Waals surface area contributed by atoms with Gasteiger partial charge in [0.2, 0.25) is 10.0 Å². The van der Waals surface area contributed by atoms with E-state index in [4.69, 9.17) is 23.2 Å². The number of halogens is 2. The molecular formula is C23H24Cl2N2O6S. The summed E-state index contributed by atoms with van der Waals surface area (Å²) < 4.78 is 25.2. The summed E-state index contributed by atoms with van der Waals surface area (Å²) in [5.41, 5.74) is 1.91. The van der Waals surface area contributed by atoms with Gasteiger partial charge in [0, 0.05) is 19.0 Å². The molecule has 34 heavy (non-hydrogen) atoms. The van der Waals surface area contributed by atoms with E-state index in [9.17, 15) is 28.8 Å². The molecule has 0 heterocycles. The Kier molecular flexibility index (Phi) is 8.17. The molecule has 8 nitrogen and oxygen atoms in total. The highest BCUT2D eigenvalue weighted by molar-refractivity contribution is 7.92. The number of aromatic hydroxyl groups is 3. The number of benzene rings is 3. The summed E-state index contributed by atoms with van der Waals surface area (Å²) in [5.74, 6) is -0.655. The number of hydrogen-bond acceptors (Lipinski definition) is 7. The van der Waals surface area contributed by atoms with Gasteiger partial charge in [0.25, 0.3) is 0 Å². The number of nitrogens with one attached hydrogen (secondary N) is 2. The number of aliphatic hydroxyl groups is 1. The molecule has 6 N–H and O–H groups in total. The van der Waals surface area contributed by atoms with E-state index in [1.54, 1.807) is 24.3 Å². The summed E-state index contributed by atoms with van der Waals surface area (Å²) in [4.78, 5) is 0. The van der Waals surface area contributed by atoms with E-state index in [0.29, 0.717) is 12.1 Å². The number of aliphatic hydroxyl groups excluding tert-OH is 1. The molecule has 0 amide bonds. The Labute approximate surface area is 207 Å². The molecule has 0 aliphatic carbocycles. The van der Waals surface area contributed by atoms with Crippen molar-refractivity contribution in [3.8, 4) is 17.2 Å². The predicted octanol–water partition coefficient (Wildman–Crippen LogP) is 3.94. The van der Waals surface area contributed by atoms with E-state index in [2.05, 4.69) is 10.0 Å². The van der Waals surface area contributed by atoms with Gasteiger partial charge in [0.15, 0.2) is 0 Å². The SMILES string of the molecule is CS(=O)(=O)Nc1cc([C@@H](O)CNCC(c2ccc(O)c(Cl)c2)c2ccc(O)c(Cl)c2)ccc1O. The van der Waals surface area contributed by atoms with Gasteiger partial charge in [0.05, 0.1) is 28.1 Å². The smallest absolute Gasteiger partial charge is 0.229 e. The van der Waals surface area contributed by atoms with Gasteiger partial charge in [-0.15, -0.1) is 0 Å². The fourth-order valence-corrected chi connectivity index (χ4v) is 4.37. The van der Waals surface area contributed by atoms with Gasteiger partial charge in [-0.3, -0.25) is 4.72 Å². The average molecular weight is 527 g/mol. The lowest BCUT2D eigenvalue weighted by atomic mass is 9.91. The topological polar surface area (TPSA) is 139 Å². The molecule has 0 unspecified atom stereocenters. The van der Waals surface area contributed by atoms with Crippen LogP contribution in [0, 0.1) is 0 Å². The van der Waals surface area contributed by atoms with Crippen LogP contribution in [0.5, 0.6) is 17.2 Å². The minimum Gasteiger partial charge on any atom is -0.506 e. The largest absolute Gasteiger partial charge is 0.506 e. The van der Waals surface area contributed by atoms with Crippen molar-refractivity contribution in [3.05, 3.63) is 81.3 Å². The molecule has 0 fully saturated rings. The number of rotatable bonds is 9. The van der Waals surface area contributed by atoms with Crippen LogP contribution in [0.15, 0.2) is 54.6 Å². The molecule has 0 aliphatic heterocycles. The Balaban J connectivity index is 1.78. The van der Waals surface area contributed by atoms with Crippen molar-refractivity contribution < 1.29 is 28.8 Å². The number of phenolic OH excluding ortho intramolecular Hbond substituents is 3. The van der Waals surface area contributed by atoms with Crippen molar-refractivity contribution in [1.29, 1.82) is 0 Å². The van der Waals surface area contributed by atoms with Crippen molar-refractivity contribution in [1.82, 2.24) is 5.32 Å². The van der Waals surface area contributed by atoms with Crippen LogP contribution in [0.1, 0.15) is 28.7 Å². The minimum atomic E-state index is -3.61. The van der Waals surface area contributed by atoms with Crippen LogP contribution in [-0.2, 0) is 10.0 Å². The summed E-state index contributed by atoms with van der Waals surface area (Å²) in [5, 5.41) is 43.6. The molecule has 0 aromatic heterocycles. The first-order chi connectivity index (χ1) is 15.9. The maximum atomic E-state index is 11.5. The van der Waals surface area contributed by atoms with E-state index in [-0.39, 0.29) is 45.4 Å². The maximum absolute atomic E-state index is 11.5. The summed E-state index contributed by atoms with van der Waals surface area (Å²) in [6, 6.07) is 13.8. The third kappa shape index (κ3) is 6.68. The van der Waals surface area contributed by atoms with E-state index < -0.39 is 16.1 Å². The van der Waals surface area contributed by atoms with Crippen LogP contribution in [0.25, 0.3) is 0 Å². The quantitative estimate of drug-likeness (QED) is 0.232. The molecule has 3 aromatic carbocycles. The summed E-state index contributed by atoms with van der Waals surface area (Å²) in [6.07, 6.45) is -0.0456. The van der Waals surface area contributed by atoms with Crippen LogP contribution in [-0.4, -0.2) is 48.2 Å². The summed E-state index contributed by atoms with van der Waals surface area (Å²) in [7, 11) is -3.61. The molecule has 0 spiro atoms. The lowest BCUT2D eigenvalue weighted by Crippen LogP contribution is -2.27. The molecule has 0 saturated carbocycles. The Morgan fingerprint density at radius 2 is 1.29 bits per heavy atom. The van der Waals surface area contributed by atoms with Gasteiger partial charge in [0.1, 0.15) is 17.2 Å². The zero-order chi connectivity index (χ0) is 25.0. The number of sulfonamides is 1. The lowest BCUT2D eigenvalue weighted by molar-refractivity contribution is 0.174. The molecule has 1 atom stereocenters. The Morgan fingerprint density at radius 1 is 0.794 bits per heavy atom. The molecule has 0 bridgehead atoms. The van der Waals surface area contributed by atoms with E-state index >= 15 is 0 Å². The van der Waals surface area contributed by atoms with Crippen molar-refractivity contribution in [3.63, 3.8) is 0 Å². The second-order valence-electron chi connectivity index (χ2n) is 7.80. The third-order valence-corrected chi connectivity index (χ3v) is 6.33. The molecule has 0 radical (unpaired) electrons. The van der Waals surface area contributed by atoms with Crippen molar-refractivity contribution in [2.24, 2.45) is 0 Å². The third-order valence-electron chi connectivity index (χ3n) is 5.14. The first kappa shape index (κ1) is 25.9. The second kappa shape index (κ2) is 10.7. The minimum absolute atomic E-state index is 0.0330. The molecule has 182 valence electrons. The Bertz CT molecular complexity index is 1230. The Morgan fingerprint density at radius 3 is 1.79 bits per heavy atom. The van der Waals surface area contributed by atoms with E-state index in [1.165, 1.54) is 30.3 Å². The highest BCUT2D eigenvalue weighted by Crippen LogP contribution is 2.34. The zero-order valence-corrected chi connectivity index (χ0v) is 20.4. The highest BCUT2D eigenvalue weighted by Gasteiger charge is 2.19. The molecule has 3 rings (SSSR count). The first-order valence-corrected chi connectivity index (χ1v) is 12.8. The normalized spacial score (nSPS) is 12.6. The number of anilines is 1. The lowest BCUT2D eigenvalue weighted by Gasteiger charge is -2.21. The highest BCUT2D eigenvalue weighted by atomic mass is 35.5. The maximum Gasteiger partial charge on any atom is 0.229 e. The van der Waals surface area contributed by atoms with E-state index in [0.717, 1.165) is 17.4 Å². The molecule has 3 aromatic rings. The van der Waals surface area contributed by atoms with Gasteiger partial charge in [-0.25, -0.2) is 8.42 Å². The Hall–Kier alpha value is -2.69. The monoisotopic (exact) mass is 526 g/mol. The standard InChI is InChI=1S/C23H24Cl2N2O6S/c1-34(32,33)27-19-10-15(4-7-22(19)30)23(31)12-26-11-16(13-2-5-20(28)17(24)8-13)14-3-6-21(29)18(25)9-14/h2-10,16,23,26-31H,11-12H2,1H3/t23-/m0/s1. The fourth-order valence-electron chi connectivity index (χ4n) is 3.43.